The molecule has 2 N–H and O–H groups in total. The van der Waals surface area contributed by atoms with Crippen LogP contribution in [0.1, 0.15) is 48.1 Å². The molecule has 140 valence electrons. The summed E-state index contributed by atoms with van der Waals surface area (Å²) >= 11 is 0. The molecular weight excluding hydrogens is 347 g/mol. The Kier molecular flexibility index (Phi) is 5.98. The van der Waals surface area contributed by atoms with Crippen LogP contribution in [0.15, 0.2) is 71.5 Å². The van der Waals surface area contributed by atoms with E-state index in [1.54, 1.807) is 17.6 Å². The Labute approximate surface area is 156 Å². The summed E-state index contributed by atoms with van der Waals surface area (Å²) < 4.78 is 18.6. The molecule has 0 aliphatic heterocycles. The molecule has 0 saturated heterocycles. The highest BCUT2D eigenvalue weighted by atomic mass is 19.1. The van der Waals surface area contributed by atoms with E-state index in [1.165, 1.54) is 24.6 Å². The Morgan fingerprint density at radius 1 is 1.15 bits per heavy atom. The number of nitrogens with one attached hydrogen (secondary N) is 1. The molecule has 0 aliphatic carbocycles. The molecule has 27 heavy (non-hydrogen) atoms. The SMILES string of the molecule is CC(c1ccc(F)cc1)C(CC(C(=O)NO)c1ncco1)c1ccccc1. The van der Waals surface area contributed by atoms with Gasteiger partial charge >= 0.3 is 0 Å². The van der Waals surface area contributed by atoms with Crippen molar-refractivity contribution in [2.24, 2.45) is 0 Å². The standard InChI is InChI=1S/C21H21FN2O3/c1-14(15-7-9-17(22)10-8-15)18(16-5-3-2-4-6-16)13-19(20(25)24-26)21-23-11-12-27-21/h2-12,14,18-19,26H,13H2,1H3,(H,24,25). The van der Waals surface area contributed by atoms with Crippen LogP contribution >= 0.6 is 0 Å². The van der Waals surface area contributed by atoms with Gasteiger partial charge in [0.2, 0.25) is 5.89 Å². The number of aromatic nitrogens is 1. The van der Waals surface area contributed by atoms with Crippen molar-refractivity contribution in [1.82, 2.24) is 10.5 Å². The lowest BCUT2D eigenvalue weighted by Crippen LogP contribution is -2.28. The second-order valence-corrected chi connectivity index (χ2v) is 6.49. The monoisotopic (exact) mass is 368 g/mol. The zero-order chi connectivity index (χ0) is 19.2. The summed E-state index contributed by atoms with van der Waals surface area (Å²) in [6.07, 6.45) is 3.23. The van der Waals surface area contributed by atoms with Crippen LogP contribution in [0.25, 0.3) is 0 Å². The van der Waals surface area contributed by atoms with Gasteiger partial charge in [-0.25, -0.2) is 14.9 Å². The number of nitrogens with zero attached hydrogens (tertiary/aromatic N) is 1. The Morgan fingerprint density at radius 3 is 2.44 bits per heavy atom. The average molecular weight is 368 g/mol. The summed E-state index contributed by atoms with van der Waals surface area (Å²) in [5.74, 6) is -1.46. The number of hydroxylamine groups is 1. The number of benzene rings is 2. The Morgan fingerprint density at radius 2 is 1.85 bits per heavy atom. The third-order valence-electron chi connectivity index (χ3n) is 4.89. The summed E-state index contributed by atoms with van der Waals surface area (Å²) in [7, 11) is 0. The highest BCUT2D eigenvalue weighted by Gasteiger charge is 2.32. The molecular formula is C21H21FN2O3. The molecule has 0 radical (unpaired) electrons. The van der Waals surface area contributed by atoms with E-state index in [0.29, 0.717) is 6.42 Å². The van der Waals surface area contributed by atoms with E-state index in [1.807, 2.05) is 37.3 Å². The second-order valence-electron chi connectivity index (χ2n) is 6.49. The quantitative estimate of drug-likeness (QED) is 0.479. The van der Waals surface area contributed by atoms with Crippen LogP contribution in [0.4, 0.5) is 4.39 Å². The minimum Gasteiger partial charge on any atom is -0.448 e. The van der Waals surface area contributed by atoms with Gasteiger partial charge in [0, 0.05) is 0 Å². The summed E-state index contributed by atoms with van der Waals surface area (Å²) in [4.78, 5) is 16.4. The Bertz CT molecular complexity index is 851. The van der Waals surface area contributed by atoms with Crippen molar-refractivity contribution in [2.75, 3.05) is 0 Å². The van der Waals surface area contributed by atoms with Crippen LogP contribution in [0.2, 0.25) is 0 Å². The largest absolute Gasteiger partial charge is 0.448 e. The minimum absolute atomic E-state index is 0.00282. The van der Waals surface area contributed by atoms with Crippen molar-refractivity contribution in [1.29, 1.82) is 0 Å². The predicted octanol–water partition coefficient (Wildman–Crippen LogP) is 4.38. The van der Waals surface area contributed by atoms with Crippen LogP contribution < -0.4 is 5.48 Å². The second kappa shape index (κ2) is 8.60. The fourth-order valence-corrected chi connectivity index (χ4v) is 3.39. The third-order valence-corrected chi connectivity index (χ3v) is 4.89. The highest BCUT2D eigenvalue weighted by Crippen LogP contribution is 2.40. The summed E-state index contributed by atoms with van der Waals surface area (Å²) in [5.41, 5.74) is 3.71. The van der Waals surface area contributed by atoms with Crippen molar-refractivity contribution in [3.05, 3.63) is 89.9 Å². The van der Waals surface area contributed by atoms with Crippen LogP contribution in [-0.4, -0.2) is 16.1 Å². The number of carbonyl (C=O) groups is 1. The fraction of sp³-hybridized carbons (Fsp3) is 0.238. The van der Waals surface area contributed by atoms with Gasteiger partial charge in [-0.3, -0.25) is 10.0 Å². The first-order chi connectivity index (χ1) is 13.1. The topological polar surface area (TPSA) is 75.4 Å². The lowest BCUT2D eigenvalue weighted by molar-refractivity contribution is -0.131. The number of oxazole rings is 1. The van der Waals surface area contributed by atoms with Crippen molar-refractivity contribution in [3.8, 4) is 0 Å². The van der Waals surface area contributed by atoms with Gasteiger partial charge in [-0.15, -0.1) is 0 Å². The first-order valence-corrected chi connectivity index (χ1v) is 8.74. The van der Waals surface area contributed by atoms with Gasteiger partial charge in [-0.2, -0.15) is 0 Å². The first kappa shape index (κ1) is 18.8. The van der Waals surface area contributed by atoms with E-state index >= 15 is 0 Å². The Balaban J connectivity index is 1.96. The summed E-state index contributed by atoms with van der Waals surface area (Å²) in [6, 6.07) is 16.2. The Hall–Kier alpha value is -2.99. The van der Waals surface area contributed by atoms with Gasteiger partial charge in [0.15, 0.2) is 0 Å². The molecule has 2 aromatic carbocycles. The number of halogens is 1. The molecule has 6 heteroatoms. The van der Waals surface area contributed by atoms with Gasteiger partial charge in [0.25, 0.3) is 5.91 Å². The van der Waals surface area contributed by atoms with Crippen LogP contribution in [0.3, 0.4) is 0 Å². The van der Waals surface area contributed by atoms with E-state index in [2.05, 4.69) is 4.98 Å². The van der Waals surface area contributed by atoms with Crippen molar-refractivity contribution < 1.29 is 18.8 Å². The molecule has 0 bridgehead atoms. The number of carbonyl (C=O) groups excluding carboxylic acids is 1. The van der Waals surface area contributed by atoms with Gasteiger partial charge in [0.1, 0.15) is 18.0 Å². The third kappa shape index (κ3) is 4.41. The van der Waals surface area contributed by atoms with E-state index < -0.39 is 11.8 Å². The highest BCUT2D eigenvalue weighted by molar-refractivity contribution is 5.81. The van der Waals surface area contributed by atoms with Crippen LogP contribution in [-0.2, 0) is 4.79 Å². The zero-order valence-corrected chi connectivity index (χ0v) is 14.9. The number of hydrogen-bond donors (Lipinski definition) is 2. The van der Waals surface area contributed by atoms with Gasteiger partial charge in [-0.05, 0) is 41.5 Å². The predicted molar refractivity (Wildman–Crippen MR) is 97.8 cm³/mol. The van der Waals surface area contributed by atoms with Crippen molar-refractivity contribution in [2.45, 2.75) is 31.1 Å². The summed E-state index contributed by atoms with van der Waals surface area (Å²) in [6.45, 7) is 2.04. The molecule has 0 fully saturated rings. The molecule has 0 spiro atoms. The van der Waals surface area contributed by atoms with E-state index in [0.717, 1.165) is 11.1 Å². The molecule has 3 atom stereocenters. The van der Waals surface area contributed by atoms with Crippen LogP contribution in [0.5, 0.6) is 0 Å². The van der Waals surface area contributed by atoms with E-state index in [4.69, 9.17) is 9.62 Å². The zero-order valence-electron chi connectivity index (χ0n) is 14.9. The maximum absolute atomic E-state index is 13.3. The molecule has 3 rings (SSSR count). The van der Waals surface area contributed by atoms with Gasteiger partial charge < -0.3 is 4.42 Å². The number of hydrogen-bond acceptors (Lipinski definition) is 4. The fourth-order valence-electron chi connectivity index (χ4n) is 3.39. The first-order valence-electron chi connectivity index (χ1n) is 8.74. The lowest BCUT2D eigenvalue weighted by Gasteiger charge is -2.27. The smallest absolute Gasteiger partial charge is 0.255 e. The minimum atomic E-state index is -0.752. The molecule has 3 unspecified atom stereocenters. The molecule has 1 amide bonds. The van der Waals surface area contributed by atoms with Crippen molar-refractivity contribution in [3.63, 3.8) is 0 Å². The normalized spacial score (nSPS) is 14.3. The van der Waals surface area contributed by atoms with Crippen LogP contribution in [0, 0.1) is 5.82 Å². The number of rotatable bonds is 7. The van der Waals surface area contributed by atoms with E-state index in [-0.39, 0.29) is 23.5 Å². The molecule has 0 saturated carbocycles. The molecule has 1 heterocycles. The lowest BCUT2D eigenvalue weighted by atomic mass is 9.77. The van der Waals surface area contributed by atoms with Gasteiger partial charge in [0.05, 0.1) is 6.20 Å². The molecule has 1 aromatic heterocycles. The molecule has 5 nitrogen and oxygen atoms in total. The maximum Gasteiger partial charge on any atom is 0.255 e. The van der Waals surface area contributed by atoms with Crippen molar-refractivity contribution >= 4 is 5.91 Å². The molecule has 0 aliphatic rings. The summed E-state index contributed by atoms with van der Waals surface area (Å²) in [5, 5.41) is 9.16. The van der Waals surface area contributed by atoms with Gasteiger partial charge in [-0.1, -0.05) is 49.4 Å². The molecule has 3 aromatic rings. The van der Waals surface area contributed by atoms with E-state index in [9.17, 15) is 9.18 Å². The average Bonchev–Trinajstić information content (AvgIpc) is 3.23. The maximum atomic E-state index is 13.3. The number of amides is 1.